The van der Waals surface area contributed by atoms with Crippen LogP contribution < -0.4 is 10.7 Å². The standard InChI is InChI=1S/C17H19N3O2S/c1-12(15-8-7-14(21)11-16(15)22)19-20-17(23)18-10-9-13-5-3-2-4-6-13/h2-8,11,21-22H,9-10H2,1H3,(H2,18,20,23)/b19-12+. The van der Waals surface area contributed by atoms with Crippen molar-refractivity contribution in [1.82, 2.24) is 10.7 Å². The van der Waals surface area contributed by atoms with Gasteiger partial charge in [0.25, 0.3) is 0 Å². The van der Waals surface area contributed by atoms with E-state index >= 15 is 0 Å². The van der Waals surface area contributed by atoms with Crippen LogP contribution in [0.25, 0.3) is 0 Å². The monoisotopic (exact) mass is 329 g/mol. The predicted octanol–water partition coefficient (Wildman–Crippen LogP) is 2.53. The first kappa shape index (κ1) is 16.8. The second kappa shape index (κ2) is 8.14. The third-order valence-corrected chi connectivity index (χ3v) is 3.47. The number of hydrogen-bond donors (Lipinski definition) is 4. The maximum atomic E-state index is 9.78. The molecule has 0 aliphatic rings. The van der Waals surface area contributed by atoms with Crippen LogP contribution in [-0.2, 0) is 6.42 Å². The van der Waals surface area contributed by atoms with E-state index in [1.165, 1.54) is 17.7 Å². The molecule has 0 aromatic heterocycles. The Labute approximate surface area is 140 Å². The molecule has 0 saturated heterocycles. The highest BCUT2D eigenvalue weighted by Gasteiger charge is 2.05. The molecule has 6 heteroatoms. The van der Waals surface area contributed by atoms with E-state index in [-0.39, 0.29) is 11.5 Å². The van der Waals surface area contributed by atoms with Crippen LogP contribution in [0.2, 0.25) is 0 Å². The molecule has 0 radical (unpaired) electrons. The third kappa shape index (κ3) is 5.27. The summed E-state index contributed by atoms with van der Waals surface area (Å²) < 4.78 is 0. The summed E-state index contributed by atoms with van der Waals surface area (Å²) in [6.45, 7) is 2.44. The number of hydrogen-bond acceptors (Lipinski definition) is 4. The van der Waals surface area contributed by atoms with Gasteiger partial charge in [-0.1, -0.05) is 30.3 Å². The SMILES string of the molecule is C/C(=N\NC(=S)NCCc1ccccc1)c1ccc(O)cc1O. The molecular weight excluding hydrogens is 310 g/mol. The second-order valence-electron chi connectivity index (χ2n) is 5.00. The van der Waals surface area contributed by atoms with Gasteiger partial charge in [0.2, 0.25) is 0 Å². The largest absolute Gasteiger partial charge is 0.508 e. The minimum atomic E-state index is -0.0315. The summed E-state index contributed by atoms with van der Waals surface area (Å²) >= 11 is 5.16. The van der Waals surface area contributed by atoms with Gasteiger partial charge in [-0.15, -0.1) is 0 Å². The van der Waals surface area contributed by atoms with Gasteiger partial charge in [0.1, 0.15) is 11.5 Å². The summed E-state index contributed by atoms with van der Waals surface area (Å²) in [6, 6.07) is 14.5. The number of phenols is 2. The highest BCUT2D eigenvalue weighted by atomic mass is 32.1. The van der Waals surface area contributed by atoms with Crippen LogP contribution in [0, 0.1) is 0 Å². The lowest BCUT2D eigenvalue weighted by Crippen LogP contribution is -2.33. The maximum absolute atomic E-state index is 9.78. The van der Waals surface area contributed by atoms with Crippen molar-refractivity contribution in [2.75, 3.05) is 6.54 Å². The van der Waals surface area contributed by atoms with Crippen LogP contribution in [0.4, 0.5) is 0 Å². The van der Waals surface area contributed by atoms with Crippen LogP contribution >= 0.6 is 12.2 Å². The van der Waals surface area contributed by atoms with Gasteiger partial charge in [0.05, 0.1) is 5.71 Å². The van der Waals surface area contributed by atoms with E-state index in [4.69, 9.17) is 12.2 Å². The average molecular weight is 329 g/mol. The van der Waals surface area contributed by atoms with Crippen LogP contribution in [0.5, 0.6) is 11.5 Å². The van der Waals surface area contributed by atoms with E-state index in [0.717, 1.165) is 6.42 Å². The summed E-state index contributed by atoms with van der Waals surface area (Å²) in [4.78, 5) is 0. The highest BCUT2D eigenvalue weighted by Crippen LogP contribution is 2.22. The quantitative estimate of drug-likeness (QED) is 0.385. The molecule has 2 aromatic carbocycles. The van der Waals surface area contributed by atoms with Gasteiger partial charge >= 0.3 is 0 Å². The predicted molar refractivity (Wildman–Crippen MR) is 95.9 cm³/mol. The highest BCUT2D eigenvalue weighted by molar-refractivity contribution is 7.80. The maximum Gasteiger partial charge on any atom is 0.186 e. The Morgan fingerprint density at radius 3 is 2.57 bits per heavy atom. The molecule has 120 valence electrons. The number of aromatic hydroxyl groups is 2. The molecule has 0 atom stereocenters. The van der Waals surface area contributed by atoms with E-state index in [1.54, 1.807) is 13.0 Å². The van der Waals surface area contributed by atoms with Gasteiger partial charge in [-0.05, 0) is 43.3 Å². The Morgan fingerprint density at radius 2 is 1.87 bits per heavy atom. The molecule has 0 aliphatic carbocycles. The van der Waals surface area contributed by atoms with E-state index < -0.39 is 0 Å². The zero-order chi connectivity index (χ0) is 16.7. The zero-order valence-electron chi connectivity index (χ0n) is 12.8. The fraction of sp³-hybridized carbons (Fsp3) is 0.176. The summed E-state index contributed by atoms with van der Waals surface area (Å²) in [5.74, 6) is -0.0267. The lowest BCUT2D eigenvalue weighted by Gasteiger charge is -2.09. The van der Waals surface area contributed by atoms with Crippen molar-refractivity contribution in [3.05, 3.63) is 59.7 Å². The van der Waals surface area contributed by atoms with E-state index in [2.05, 4.69) is 28.0 Å². The Morgan fingerprint density at radius 1 is 1.13 bits per heavy atom. The van der Waals surface area contributed by atoms with Crippen LogP contribution in [0.1, 0.15) is 18.1 Å². The molecule has 0 heterocycles. The van der Waals surface area contributed by atoms with Crippen LogP contribution in [-0.4, -0.2) is 27.6 Å². The molecule has 23 heavy (non-hydrogen) atoms. The average Bonchev–Trinajstić information content (AvgIpc) is 2.53. The molecule has 0 unspecified atom stereocenters. The first-order chi connectivity index (χ1) is 11.1. The number of benzene rings is 2. The molecule has 0 fully saturated rings. The van der Waals surface area contributed by atoms with E-state index in [9.17, 15) is 10.2 Å². The Balaban J connectivity index is 1.83. The van der Waals surface area contributed by atoms with Gasteiger partial charge in [0.15, 0.2) is 5.11 Å². The lowest BCUT2D eigenvalue weighted by molar-refractivity contribution is 0.450. The number of hydrazone groups is 1. The van der Waals surface area contributed by atoms with Crippen molar-refractivity contribution in [2.45, 2.75) is 13.3 Å². The first-order valence-corrected chi connectivity index (χ1v) is 7.61. The molecular formula is C17H19N3O2S. The van der Waals surface area contributed by atoms with Gasteiger partial charge in [-0.25, -0.2) is 0 Å². The fourth-order valence-corrected chi connectivity index (χ4v) is 2.17. The Hall–Kier alpha value is -2.60. The molecule has 0 spiro atoms. The molecule has 0 bridgehead atoms. The summed E-state index contributed by atoms with van der Waals surface area (Å²) in [6.07, 6.45) is 0.865. The number of rotatable bonds is 5. The van der Waals surface area contributed by atoms with Crippen LogP contribution in [0.3, 0.4) is 0 Å². The molecule has 2 rings (SSSR count). The number of nitrogens with zero attached hydrogens (tertiary/aromatic N) is 1. The zero-order valence-corrected chi connectivity index (χ0v) is 13.6. The summed E-state index contributed by atoms with van der Waals surface area (Å²) in [5.41, 5.74) is 5.07. The van der Waals surface area contributed by atoms with Gasteiger partial charge in [0, 0.05) is 18.2 Å². The van der Waals surface area contributed by atoms with Crippen molar-refractivity contribution >= 4 is 23.0 Å². The lowest BCUT2D eigenvalue weighted by atomic mass is 10.1. The minimum absolute atomic E-state index is 0.00473. The topological polar surface area (TPSA) is 76.9 Å². The molecule has 0 saturated carbocycles. The van der Waals surface area contributed by atoms with Gasteiger partial charge in [-0.2, -0.15) is 5.10 Å². The minimum Gasteiger partial charge on any atom is -0.508 e. The Kier molecular flexibility index (Phi) is 5.94. The summed E-state index contributed by atoms with van der Waals surface area (Å²) in [5, 5.41) is 26.7. The third-order valence-electron chi connectivity index (χ3n) is 3.24. The van der Waals surface area contributed by atoms with Gasteiger partial charge in [-0.3, -0.25) is 5.43 Å². The molecule has 2 aromatic rings. The van der Waals surface area contributed by atoms with E-state index in [0.29, 0.717) is 22.9 Å². The number of thiocarbonyl (C=S) groups is 1. The first-order valence-electron chi connectivity index (χ1n) is 7.20. The molecule has 0 amide bonds. The van der Waals surface area contributed by atoms with Crippen molar-refractivity contribution in [3.63, 3.8) is 0 Å². The normalized spacial score (nSPS) is 11.1. The van der Waals surface area contributed by atoms with Crippen molar-refractivity contribution < 1.29 is 10.2 Å². The number of phenolic OH excluding ortho intramolecular Hbond substituents is 2. The van der Waals surface area contributed by atoms with Crippen LogP contribution in [0.15, 0.2) is 53.6 Å². The Bertz CT molecular complexity index is 702. The number of nitrogens with one attached hydrogen (secondary N) is 2. The van der Waals surface area contributed by atoms with Gasteiger partial charge < -0.3 is 15.5 Å². The van der Waals surface area contributed by atoms with Crippen molar-refractivity contribution in [3.8, 4) is 11.5 Å². The molecule has 5 nitrogen and oxygen atoms in total. The molecule has 0 aliphatic heterocycles. The second-order valence-corrected chi connectivity index (χ2v) is 5.41. The van der Waals surface area contributed by atoms with Crippen molar-refractivity contribution in [2.24, 2.45) is 5.10 Å². The van der Waals surface area contributed by atoms with E-state index in [1.807, 2.05) is 18.2 Å². The van der Waals surface area contributed by atoms with Crippen molar-refractivity contribution in [1.29, 1.82) is 0 Å². The summed E-state index contributed by atoms with van der Waals surface area (Å²) in [7, 11) is 0. The fourth-order valence-electron chi connectivity index (χ4n) is 2.03. The molecule has 4 N–H and O–H groups in total. The smallest absolute Gasteiger partial charge is 0.186 e.